The summed E-state index contributed by atoms with van der Waals surface area (Å²) < 4.78 is 4.89. The second-order valence-corrected chi connectivity index (χ2v) is 5.74. The summed E-state index contributed by atoms with van der Waals surface area (Å²) in [5.74, 6) is 0.159. The summed E-state index contributed by atoms with van der Waals surface area (Å²) in [5, 5.41) is 7.47. The number of amides is 1. The molecule has 0 aliphatic carbocycles. The van der Waals surface area contributed by atoms with Gasteiger partial charge in [-0.3, -0.25) is 4.79 Å². The average molecular weight is 347 g/mol. The van der Waals surface area contributed by atoms with E-state index in [1.807, 2.05) is 24.3 Å². The van der Waals surface area contributed by atoms with E-state index in [4.69, 9.17) is 27.7 Å². The van der Waals surface area contributed by atoms with Gasteiger partial charge in [-0.2, -0.15) is 0 Å². The number of nitrogens with one attached hydrogen (secondary N) is 1. The topological polar surface area (TPSA) is 55.1 Å². The second kappa shape index (κ2) is 6.44. The fourth-order valence-corrected chi connectivity index (χ4v) is 2.73. The molecular formula is C17H12Cl2N2O2. The third-order valence-electron chi connectivity index (χ3n) is 3.39. The van der Waals surface area contributed by atoms with Crippen LogP contribution in [0.4, 0.5) is 5.69 Å². The van der Waals surface area contributed by atoms with Crippen LogP contribution in [-0.2, 0) is 0 Å². The van der Waals surface area contributed by atoms with Gasteiger partial charge in [0.25, 0.3) is 5.91 Å². The predicted molar refractivity (Wildman–Crippen MR) is 91.1 cm³/mol. The Hall–Kier alpha value is -2.30. The fourth-order valence-electron chi connectivity index (χ4n) is 2.21. The first-order valence-electron chi connectivity index (χ1n) is 6.83. The lowest BCUT2D eigenvalue weighted by molar-refractivity contribution is 0.102. The third kappa shape index (κ3) is 3.23. The normalized spacial score (nSPS) is 10.6. The van der Waals surface area contributed by atoms with E-state index in [0.29, 0.717) is 27.1 Å². The second-order valence-electron chi connectivity index (χ2n) is 4.92. The molecule has 0 saturated heterocycles. The summed E-state index contributed by atoms with van der Waals surface area (Å²) in [7, 11) is 0. The van der Waals surface area contributed by atoms with Gasteiger partial charge in [-0.15, -0.1) is 0 Å². The molecule has 23 heavy (non-hydrogen) atoms. The number of rotatable bonds is 3. The number of benzene rings is 2. The Bertz CT molecular complexity index is 875. The van der Waals surface area contributed by atoms with Crippen LogP contribution in [0.25, 0.3) is 11.1 Å². The van der Waals surface area contributed by atoms with Gasteiger partial charge in [-0.25, -0.2) is 0 Å². The number of hydrogen-bond donors (Lipinski definition) is 1. The lowest BCUT2D eigenvalue weighted by Crippen LogP contribution is -2.12. The van der Waals surface area contributed by atoms with Crippen LogP contribution < -0.4 is 5.32 Å². The molecular weight excluding hydrogens is 335 g/mol. The van der Waals surface area contributed by atoms with Crippen LogP contribution in [0.2, 0.25) is 10.0 Å². The number of aryl methyl sites for hydroxylation is 1. The molecule has 1 amide bonds. The maximum atomic E-state index is 12.1. The van der Waals surface area contributed by atoms with Gasteiger partial charge < -0.3 is 9.84 Å². The van der Waals surface area contributed by atoms with Gasteiger partial charge in [0.15, 0.2) is 0 Å². The summed E-state index contributed by atoms with van der Waals surface area (Å²) in [6.45, 7) is 1.68. The summed E-state index contributed by atoms with van der Waals surface area (Å²) in [6.07, 6.45) is 1.38. The van der Waals surface area contributed by atoms with E-state index in [1.165, 1.54) is 6.20 Å². The van der Waals surface area contributed by atoms with Gasteiger partial charge >= 0.3 is 0 Å². The van der Waals surface area contributed by atoms with Crippen molar-refractivity contribution in [2.75, 3.05) is 5.32 Å². The fraction of sp³-hybridized carbons (Fsp3) is 0.0588. The van der Waals surface area contributed by atoms with Crippen molar-refractivity contribution in [1.29, 1.82) is 0 Å². The number of anilines is 1. The molecule has 3 aromatic rings. The smallest absolute Gasteiger partial charge is 0.260 e. The largest absolute Gasteiger partial charge is 0.361 e. The molecule has 0 spiro atoms. The molecule has 1 heterocycles. The Morgan fingerprint density at radius 1 is 1.09 bits per heavy atom. The van der Waals surface area contributed by atoms with Crippen LogP contribution in [0, 0.1) is 6.92 Å². The van der Waals surface area contributed by atoms with Crippen molar-refractivity contribution in [2.24, 2.45) is 0 Å². The highest BCUT2D eigenvalue weighted by Crippen LogP contribution is 2.34. The van der Waals surface area contributed by atoms with E-state index in [9.17, 15) is 4.79 Å². The lowest BCUT2D eigenvalue weighted by Gasteiger charge is -2.10. The molecule has 0 fully saturated rings. The number of carbonyl (C=O) groups excluding carboxylic acids is 1. The van der Waals surface area contributed by atoms with Gasteiger partial charge in [0.1, 0.15) is 11.3 Å². The van der Waals surface area contributed by atoms with Gasteiger partial charge in [0.2, 0.25) is 0 Å². The van der Waals surface area contributed by atoms with E-state index in [1.54, 1.807) is 25.1 Å². The predicted octanol–water partition coefficient (Wildman–Crippen LogP) is 5.21. The number of aromatic nitrogens is 1. The Balaban J connectivity index is 1.87. The number of carbonyl (C=O) groups is 1. The quantitative estimate of drug-likeness (QED) is 0.708. The summed E-state index contributed by atoms with van der Waals surface area (Å²) >= 11 is 12.5. The van der Waals surface area contributed by atoms with Crippen molar-refractivity contribution in [2.45, 2.75) is 6.92 Å². The molecule has 0 aliphatic rings. The molecule has 0 atom stereocenters. The molecule has 1 N–H and O–H groups in total. The third-order valence-corrected chi connectivity index (χ3v) is 4.03. The van der Waals surface area contributed by atoms with E-state index in [0.717, 1.165) is 11.1 Å². The molecule has 0 radical (unpaired) electrons. The van der Waals surface area contributed by atoms with Crippen LogP contribution >= 0.6 is 23.2 Å². The maximum absolute atomic E-state index is 12.1. The van der Waals surface area contributed by atoms with Gasteiger partial charge in [0.05, 0.1) is 11.2 Å². The van der Waals surface area contributed by atoms with E-state index >= 15 is 0 Å². The standard InChI is InChI=1S/C17H12Cl2N2O2/c1-10-14(9-20-23-10)17(22)21-11-6-7-13(16(19)8-11)12-4-2-3-5-15(12)18/h2-9H,1H3,(H,21,22). The van der Waals surface area contributed by atoms with Crippen LogP contribution in [0.3, 0.4) is 0 Å². The Labute approximate surface area is 143 Å². The number of nitrogens with zero attached hydrogens (tertiary/aromatic N) is 1. The summed E-state index contributed by atoms with van der Waals surface area (Å²) in [6, 6.07) is 12.7. The van der Waals surface area contributed by atoms with Crippen LogP contribution in [0.15, 0.2) is 53.2 Å². The van der Waals surface area contributed by atoms with Gasteiger partial charge in [0, 0.05) is 21.8 Å². The van der Waals surface area contributed by atoms with Crippen LogP contribution in [0.5, 0.6) is 0 Å². The molecule has 0 unspecified atom stereocenters. The molecule has 1 aromatic heterocycles. The maximum Gasteiger partial charge on any atom is 0.260 e. The Kier molecular flexibility index (Phi) is 4.37. The van der Waals surface area contributed by atoms with E-state index in [2.05, 4.69) is 10.5 Å². The number of halogens is 2. The van der Waals surface area contributed by atoms with E-state index < -0.39 is 0 Å². The summed E-state index contributed by atoms with van der Waals surface area (Å²) in [5.41, 5.74) is 2.61. The first-order valence-corrected chi connectivity index (χ1v) is 7.59. The molecule has 0 aliphatic heterocycles. The van der Waals surface area contributed by atoms with Crippen molar-refractivity contribution >= 4 is 34.8 Å². The molecule has 0 bridgehead atoms. The van der Waals surface area contributed by atoms with Crippen LogP contribution in [-0.4, -0.2) is 11.1 Å². The molecule has 4 nitrogen and oxygen atoms in total. The highest BCUT2D eigenvalue weighted by molar-refractivity contribution is 6.36. The lowest BCUT2D eigenvalue weighted by atomic mass is 10.1. The highest BCUT2D eigenvalue weighted by atomic mass is 35.5. The Morgan fingerprint density at radius 2 is 1.83 bits per heavy atom. The first-order chi connectivity index (χ1) is 11.1. The first kappa shape index (κ1) is 15.6. The van der Waals surface area contributed by atoms with Crippen LogP contribution in [0.1, 0.15) is 16.1 Å². The minimum absolute atomic E-state index is 0.301. The highest BCUT2D eigenvalue weighted by Gasteiger charge is 2.14. The SMILES string of the molecule is Cc1oncc1C(=O)Nc1ccc(-c2ccccc2Cl)c(Cl)c1. The monoisotopic (exact) mass is 346 g/mol. The molecule has 6 heteroatoms. The zero-order valence-corrected chi connectivity index (χ0v) is 13.7. The van der Waals surface area contributed by atoms with Crippen molar-refractivity contribution in [3.05, 3.63) is 70.0 Å². The van der Waals surface area contributed by atoms with Crippen molar-refractivity contribution in [3.63, 3.8) is 0 Å². The average Bonchev–Trinajstić information content (AvgIpc) is 2.95. The van der Waals surface area contributed by atoms with Crippen molar-refractivity contribution < 1.29 is 9.32 Å². The summed E-state index contributed by atoms with van der Waals surface area (Å²) in [4.78, 5) is 12.1. The van der Waals surface area contributed by atoms with Gasteiger partial charge in [-0.05, 0) is 25.1 Å². The molecule has 116 valence electrons. The number of hydrogen-bond acceptors (Lipinski definition) is 3. The van der Waals surface area contributed by atoms with Crippen molar-refractivity contribution in [1.82, 2.24) is 5.16 Å². The minimum atomic E-state index is -0.301. The molecule has 0 saturated carbocycles. The molecule has 2 aromatic carbocycles. The zero-order chi connectivity index (χ0) is 16.4. The minimum Gasteiger partial charge on any atom is -0.361 e. The molecule has 3 rings (SSSR count). The van der Waals surface area contributed by atoms with E-state index in [-0.39, 0.29) is 5.91 Å². The van der Waals surface area contributed by atoms with Gasteiger partial charge in [-0.1, -0.05) is 52.6 Å². The zero-order valence-electron chi connectivity index (χ0n) is 12.1. The Morgan fingerprint density at radius 3 is 2.48 bits per heavy atom. The van der Waals surface area contributed by atoms with Crippen molar-refractivity contribution in [3.8, 4) is 11.1 Å².